The maximum absolute atomic E-state index is 6.09. The van der Waals surface area contributed by atoms with Gasteiger partial charge in [-0.3, -0.25) is 0 Å². The lowest BCUT2D eigenvalue weighted by molar-refractivity contribution is 0.270. The third-order valence-corrected chi connectivity index (χ3v) is 3.78. The van der Waals surface area contributed by atoms with E-state index in [0.717, 1.165) is 36.5 Å². The zero-order valence-electron chi connectivity index (χ0n) is 12.1. The van der Waals surface area contributed by atoms with Crippen molar-refractivity contribution in [3.05, 3.63) is 17.0 Å². The van der Waals surface area contributed by atoms with Gasteiger partial charge >= 0.3 is 0 Å². The van der Waals surface area contributed by atoms with E-state index in [4.69, 9.17) is 10.3 Å². The van der Waals surface area contributed by atoms with Crippen LogP contribution in [0.5, 0.6) is 0 Å². The number of nitrogens with zero attached hydrogens (tertiary/aromatic N) is 3. The van der Waals surface area contributed by atoms with Crippen molar-refractivity contribution >= 4 is 5.96 Å². The molecule has 0 radical (unpaired) electrons. The molecule has 1 atom stereocenters. The highest BCUT2D eigenvalue weighted by atomic mass is 16.5. The standard InChI is InChI=1S/C14H24N4O/c1-4-13-12(11(3)19-17-13)8-16-14(15)18-7-5-6-10(2)9-18/h10H,4-9H2,1-3H3,(H2,15,16). The van der Waals surface area contributed by atoms with Crippen LogP contribution in [-0.4, -0.2) is 29.1 Å². The fourth-order valence-corrected chi connectivity index (χ4v) is 2.58. The van der Waals surface area contributed by atoms with Crippen LogP contribution in [0.2, 0.25) is 0 Å². The Morgan fingerprint density at radius 2 is 2.37 bits per heavy atom. The van der Waals surface area contributed by atoms with Gasteiger partial charge < -0.3 is 15.2 Å². The van der Waals surface area contributed by atoms with Crippen LogP contribution in [0.1, 0.15) is 43.7 Å². The number of aromatic nitrogens is 1. The number of likely N-dealkylation sites (tertiary alicyclic amines) is 1. The number of hydrogen-bond acceptors (Lipinski definition) is 3. The lowest BCUT2D eigenvalue weighted by Gasteiger charge is -2.31. The van der Waals surface area contributed by atoms with Gasteiger partial charge in [0.1, 0.15) is 5.76 Å². The number of aryl methyl sites for hydroxylation is 2. The summed E-state index contributed by atoms with van der Waals surface area (Å²) in [4.78, 5) is 6.70. The molecular weight excluding hydrogens is 240 g/mol. The molecule has 0 aromatic carbocycles. The Morgan fingerprint density at radius 1 is 1.58 bits per heavy atom. The predicted octanol–water partition coefficient (Wildman–Crippen LogP) is 2.09. The zero-order valence-corrected chi connectivity index (χ0v) is 12.1. The van der Waals surface area contributed by atoms with Crippen LogP contribution in [0, 0.1) is 12.8 Å². The van der Waals surface area contributed by atoms with Crippen molar-refractivity contribution in [2.24, 2.45) is 16.6 Å². The molecule has 5 nitrogen and oxygen atoms in total. The van der Waals surface area contributed by atoms with Crippen molar-refractivity contribution in [2.75, 3.05) is 13.1 Å². The molecule has 1 aromatic rings. The van der Waals surface area contributed by atoms with E-state index in [1.807, 2.05) is 6.92 Å². The number of piperidine rings is 1. The van der Waals surface area contributed by atoms with Gasteiger partial charge in [0.05, 0.1) is 12.2 Å². The van der Waals surface area contributed by atoms with Gasteiger partial charge in [-0.15, -0.1) is 0 Å². The average Bonchev–Trinajstić information content (AvgIpc) is 2.76. The summed E-state index contributed by atoms with van der Waals surface area (Å²) in [6.07, 6.45) is 3.35. The molecule has 0 bridgehead atoms. The Hall–Kier alpha value is -1.52. The van der Waals surface area contributed by atoms with E-state index in [-0.39, 0.29) is 0 Å². The lowest BCUT2D eigenvalue weighted by atomic mass is 10.0. The molecule has 0 amide bonds. The van der Waals surface area contributed by atoms with Crippen molar-refractivity contribution < 1.29 is 4.52 Å². The van der Waals surface area contributed by atoms with Crippen molar-refractivity contribution in [3.8, 4) is 0 Å². The summed E-state index contributed by atoms with van der Waals surface area (Å²) in [6, 6.07) is 0. The first-order valence-electron chi connectivity index (χ1n) is 7.10. The smallest absolute Gasteiger partial charge is 0.191 e. The molecule has 0 saturated carbocycles. The number of guanidine groups is 1. The Balaban J connectivity index is 2.02. The molecule has 5 heteroatoms. The summed E-state index contributed by atoms with van der Waals surface area (Å²) in [5.74, 6) is 2.20. The molecular formula is C14H24N4O. The molecule has 1 unspecified atom stereocenters. The molecule has 2 N–H and O–H groups in total. The minimum absolute atomic E-state index is 0.565. The molecule has 0 spiro atoms. The topological polar surface area (TPSA) is 67.6 Å². The van der Waals surface area contributed by atoms with E-state index in [9.17, 15) is 0 Å². The van der Waals surface area contributed by atoms with Gasteiger partial charge in [-0.25, -0.2) is 4.99 Å². The maximum atomic E-state index is 6.09. The number of rotatable bonds is 3. The second-order valence-electron chi connectivity index (χ2n) is 5.39. The molecule has 2 heterocycles. The first-order chi connectivity index (χ1) is 9.11. The van der Waals surface area contributed by atoms with E-state index in [2.05, 4.69) is 28.9 Å². The zero-order chi connectivity index (χ0) is 13.8. The number of aliphatic imine (C=N–C) groups is 1. The second kappa shape index (κ2) is 6.08. The molecule has 2 rings (SSSR count). The van der Waals surface area contributed by atoms with Crippen LogP contribution < -0.4 is 5.73 Å². The van der Waals surface area contributed by atoms with Crippen LogP contribution in [0.3, 0.4) is 0 Å². The van der Waals surface area contributed by atoms with E-state index in [0.29, 0.717) is 18.4 Å². The lowest BCUT2D eigenvalue weighted by Crippen LogP contribution is -2.43. The van der Waals surface area contributed by atoms with Gasteiger partial charge in [-0.05, 0) is 32.1 Å². The fourth-order valence-electron chi connectivity index (χ4n) is 2.58. The monoisotopic (exact) mass is 264 g/mol. The van der Waals surface area contributed by atoms with Crippen molar-refractivity contribution in [1.29, 1.82) is 0 Å². The molecule has 1 aliphatic rings. The van der Waals surface area contributed by atoms with Gasteiger partial charge in [-0.1, -0.05) is 19.0 Å². The Bertz CT molecular complexity index is 452. The maximum Gasteiger partial charge on any atom is 0.191 e. The van der Waals surface area contributed by atoms with E-state index >= 15 is 0 Å². The Kier molecular flexibility index (Phi) is 4.45. The summed E-state index contributed by atoms with van der Waals surface area (Å²) >= 11 is 0. The summed E-state index contributed by atoms with van der Waals surface area (Å²) in [5.41, 5.74) is 8.16. The van der Waals surface area contributed by atoms with Crippen LogP contribution in [0.25, 0.3) is 0 Å². The summed E-state index contributed by atoms with van der Waals surface area (Å²) in [7, 11) is 0. The van der Waals surface area contributed by atoms with E-state index in [1.165, 1.54) is 12.8 Å². The predicted molar refractivity (Wildman–Crippen MR) is 75.9 cm³/mol. The van der Waals surface area contributed by atoms with Gasteiger partial charge in [0.25, 0.3) is 0 Å². The summed E-state index contributed by atoms with van der Waals surface area (Å²) in [5, 5.41) is 4.04. The fraction of sp³-hybridized carbons (Fsp3) is 0.714. The first kappa shape index (κ1) is 13.9. The highest BCUT2D eigenvalue weighted by molar-refractivity contribution is 5.78. The Morgan fingerprint density at radius 3 is 3.05 bits per heavy atom. The molecule has 1 fully saturated rings. The highest BCUT2D eigenvalue weighted by Crippen LogP contribution is 2.17. The van der Waals surface area contributed by atoms with Crippen LogP contribution >= 0.6 is 0 Å². The molecule has 1 saturated heterocycles. The molecule has 0 aliphatic carbocycles. The van der Waals surface area contributed by atoms with Crippen molar-refractivity contribution in [3.63, 3.8) is 0 Å². The third-order valence-electron chi connectivity index (χ3n) is 3.78. The quantitative estimate of drug-likeness (QED) is 0.670. The van der Waals surface area contributed by atoms with Crippen LogP contribution in [0.15, 0.2) is 9.52 Å². The van der Waals surface area contributed by atoms with Gasteiger partial charge in [-0.2, -0.15) is 0 Å². The first-order valence-corrected chi connectivity index (χ1v) is 7.10. The SMILES string of the molecule is CCc1noc(C)c1CN=C(N)N1CCCC(C)C1. The largest absolute Gasteiger partial charge is 0.370 e. The number of nitrogens with two attached hydrogens (primary N) is 1. The van der Waals surface area contributed by atoms with Gasteiger partial charge in [0.15, 0.2) is 5.96 Å². The van der Waals surface area contributed by atoms with E-state index in [1.54, 1.807) is 0 Å². The average molecular weight is 264 g/mol. The second-order valence-corrected chi connectivity index (χ2v) is 5.39. The Labute approximate surface area is 114 Å². The van der Waals surface area contributed by atoms with E-state index < -0.39 is 0 Å². The molecule has 106 valence electrons. The number of hydrogen-bond donors (Lipinski definition) is 1. The van der Waals surface area contributed by atoms with Crippen molar-refractivity contribution in [2.45, 2.75) is 46.6 Å². The summed E-state index contributed by atoms with van der Waals surface area (Å²) < 4.78 is 5.21. The third kappa shape index (κ3) is 3.28. The normalized spacial score (nSPS) is 20.9. The minimum atomic E-state index is 0.565. The van der Waals surface area contributed by atoms with Gasteiger partial charge in [0.2, 0.25) is 0 Å². The minimum Gasteiger partial charge on any atom is -0.370 e. The van der Waals surface area contributed by atoms with Crippen LogP contribution in [0.4, 0.5) is 0 Å². The van der Waals surface area contributed by atoms with Crippen molar-refractivity contribution in [1.82, 2.24) is 10.1 Å². The molecule has 1 aliphatic heterocycles. The van der Waals surface area contributed by atoms with Crippen LogP contribution in [-0.2, 0) is 13.0 Å². The molecule has 1 aromatic heterocycles. The summed E-state index contributed by atoms with van der Waals surface area (Å²) in [6.45, 7) is 8.85. The van der Waals surface area contributed by atoms with Gasteiger partial charge in [0, 0.05) is 18.7 Å². The molecule has 19 heavy (non-hydrogen) atoms. The highest BCUT2D eigenvalue weighted by Gasteiger charge is 2.18.